The highest BCUT2D eigenvalue weighted by molar-refractivity contribution is 4.93. The summed E-state index contributed by atoms with van der Waals surface area (Å²) >= 11 is 0. The molecule has 1 heterocycles. The Kier molecular flexibility index (Phi) is 6.41. The van der Waals surface area contributed by atoms with Crippen LogP contribution in [0, 0.1) is 0 Å². The minimum absolute atomic E-state index is 0.151. The third kappa shape index (κ3) is 6.20. The van der Waals surface area contributed by atoms with Gasteiger partial charge in [-0.3, -0.25) is 0 Å². The quantitative estimate of drug-likeness (QED) is 0.713. The number of nitrogens with one attached hydrogen (secondary N) is 1. The van der Waals surface area contributed by atoms with Crippen LogP contribution in [0.15, 0.2) is 12.4 Å². The molecule has 0 unspecified atom stereocenters. The first kappa shape index (κ1) is 15.2. The van der Waals surface area contributed by atoms with Crippen LogP contribution in [0.1, 0.15) is 65.6 Å². The lowest BCUT2D eigenvalue weighted by molar-refractivity contribution is 0.410. The van der Waals surface area contributed by atoms with Crippen molar-refractivity contribution < 1.29 is 0 Å². The fourth-order valence-corrected chi connectivity index (χ4v) is 1.94. The molecule has 104 valence electrons. The normalized spacial score (nSPS) is 12.0. The van der Waals surface area contributed by atoms with Crippen LogP contribution in [0.4, 0.5) is 0 Å². The first-order chi connectivity index (χ1) is 8.53. The van der Waals surface area contributed by atoms with Gasteiger partial charge in [-0.15, -0.1) is 0 Å². The minimum Gasteiger partial charge on any atom is -0.334 e. The van der Waals surface area contributed by atoms with Crippen molar-refractivity contribution in [3.05, 3.63) is 18.2 Å². The Morgan fingerprint density at radius 2 is 1.89 bits per heavy atom. The van der Waals surface area contributed by atoms with E-state index < -0.39 is 0 Å². The first-order valence-corrected chi connectivity index (χ1v) is 7.28. The van der Waals surface area contributed by atoms with Gasteiger partial charge in [-0.25, -0.2) is 4.98 Å². The van der Waals surface area contributed by atoms with Gasteiger partial charge in [-0.05, 0) is 27.2 Å². The third-order valence-electron chi connectivity index (χ3n) is 3.08. The molecule has 0 aliphatic rings. The minimum atomic E-state index is 0.151. The predicted octanol–water partition coefficient (Wildman–Crippen LogP) is 3.74. The molecule has 3 heteroatoms. The summed E-state index contributed by atoms with van der Waals surface area (Å²) in [7, 11) is 0. The molecule has 1 N–H and O–H groups in total. The van der Waals surface area contributed by atoms with Gasteiger partial charge in [0.2, 0.25) is 0 Å². The van der Waals surface area contributed by atoms with Crippen molar-refractivity contribution in [1.82, 2.24) is 14.9 Å². The summed E-state index contributed by atoms with van der Waals surface area (Å²) in [6.45, 7) is 10.8. The van der Waals surface area contributed by atoms with E-state index in [0.29, 0.717) is 0 Å². The Bertz CT molecular complexity index is 323. The van der Waals surface area contributed by atoms with E-state index in [-0.39, 0.29) is 5.54 Å². The highest BCUT2D eigenvalue weighted by atomic mass is 15.1. The second-order valence-electron chi connectivity index (χ2n) is 6.05. The summed E-state index contributed by atoms with van der Waals surface area (Å²) < 4.78 is 2.28. The van der Waals surface area contributed by atoms with Gasteiger partial charge in [0.25, 0.3) is 0 Å². The predicted molar refractivity (Wildman–Crippen MR) is 77.6 cm³/mol. The van der Waals surface area contributed by atoms with Crippen molar-refractivity contribution in [1.29, 1.82) is 0 Å². The van der Waals surface area contributed by atoms with Crippen molar-refractivity contribution in [2.45, 2.75) is 78.4 Å². The summed E-state index contributed by atoms with van der Waals surface area (Å²) in [5, 5.41) is 3.49. The zero-order valence-corrected chi connectivity index (χ0v) is 12.5. The highest BCUT2D eigenvalue weighted by Crippen LogP contribution is 2.07. The molecule has 0 aliphatic heterocycles. The SMILES string of the molecule is CCCCCCCn1ccnc1CNC(C)(C)C. The van der Waals surface area contributed by atoms with E-state index >= 15 is 0 Å². The molecule has 0 aromatic carbocycles. The fourth-order valence-electron chi connectivity index (χ4n) is 1.94. The smallest absolute Gasteiger partial charge is 0.122 e. The molecule has 1 aromatic rings. The van der Waals surface area contributed by atoms with E-state index in [1.54, 1.807) is 0 Å². The van der Waals surface area contributed by atoms with E-state index in [0.717, 1.165) is 18.9 Å². The van der Waals surface area contributed by atoms with Crippen molar-refractivity contribution in [3.63, 3.8) is 0 Å². The average Bonchev–Trinajstić information content (AvgIpc) is 2.73. The molecular weight excluding hydrogens is 222 g/mol. The second-order valence-corrected chi connectivity index (χ2v) is 6.05. The largest absolute Gasteiger partial charge is 0.334 e. The summed E-state index contributed by atoms with van der Waals surface area (Å²) in [5.74, 6) is 1.15. The molecule has 0 saturated heterocycles. The molecule has 0 fully saturated rings. The monoisotopic (exact) mass is 251 g/mol. The molecule has 0 bridgehead atoms. The average molecular weight is 251 g/mol. The van der Waals surface area contributed by atoms with Crippen molar-refractivity contribution in [3.8, 4) is 0 Å². The number of aromatic nitrogens is 2. The molecule has 0 aliphatic carbocycles. The highest BCUT2D eigenvalue weighted by Gasteiger charge is 2.10. The molecule has 0 amide bonds. The molecule has 1 aromatic heterocycles. The Labute approximate surface area is 112 Å². The maximum absolute atomic E-state index is 4.43. The van der Waals surface area contributed by atoms with E-state index in [1.807, 2.05) is 6.20 Å². The van der Waals surface area contributed by atoms with Gasteiger partial charge in [0.1, 0.15) is 5.82 Å². The number of aryl methyl sites for hydroxylation is 1. The maximum Gasteiger partial charge on any atom is 0.122 e. The third-order valence-corrected chi connectivity index (χ3v) is 3.08. The van der Waals surface area contributed by atoms with Crippen LogP contribution in [0.2, 0.25) is 0 Å². The number of nitrogens with zero attached hydrogens (tertiary/aromatic N) is 2. The zero-order valence-electron chi connectivity index (χ0n) is 12.5. The number of hydrogen-bond acceptors (Lipinski definition) is 2. The van der Waals surface area contributed by atoms with Gasteiger partial charge in [0.15, 0.2) is 0 Å². The van der Waals surface area contributed by atoms with E-state index in [4.69, 9.17) is 0 Å². The maximum atomic E-state index is 4.43. The topological polar surface area (TPSA) is 29.9 Å². The van der Waals surface area contributed by atoms with Crippen LogP contribution in [0.25, 0.3) is 0 Å². The zero-order chi connectivity index (χ0) is 13.4. The molecule has 0 atom stereocenters. The van der Waals surface area contributed by atoms with Gasteiger partial charge in [0, 0.05) is 24.5 Å². The molecule has 18 heavy (non-hydrogen) atoms. The number of imidazole rings is 1. The Balaban J connectivity index is 2.31. The Hall–Kier alpha value is -0.830. The molecule has 0 saturated carbocycles. The summed E-state index contributed by atoms with van der Waals surface area (Å²) in [4.78, 5) is 4.43. The lowest BCUT2D eigenvalue weighted by Crippen LogP contribution is -2.35. The fraction of sp³-hybridized carbons (Fsp3) is 0.800. The van der Waals surface area contributed by atoms with Crippen LogP contribution >= 0.6 is 0 Å². The summed E-state index contributed by atoms with van der Waals surface area (Å²) in [6, 6.07) is 0. The van der Waals surface area contributed by atoms with Gasteiger partial charge in [-0.1, -0.05) is 32.6 Å². The van der Waals surface area contributed by atoms with Gasteiger partial charge in [-0.2, -0.15) is 0 Å². The van der Waals surface area contributed by atoms with Crippen molar-refractivity contribution in [2.75, 3.05) is 0 Å². The van der Waals surface area contributed by atoms with Gasteiger partial charge >= 0.3 is 0 Å². The second kappa shape index (κ2) is 7.57. The number of hydrogen-bond donors (Lipinski definition) is 1. The van der Waals surface area contributed by atoms with Gasteiger partial charge < -0.3 is 9.88 Å². The van der Waals surface area contributed by atoms with Crippen LogP contribution in [0.3, 0.4) is 0 Å². The van der Waals surface area contributed by atoms with Crippen LogP contribution < -0.4 is 5.32 Å². The van der Waals surface area contributed by atoms with Crippen molar-refractivity contribution >= 4 is 0 Å². The van der Waals surface area contributed by atoms with E-state index in [2.05, 4.69) is 48.8 Å². The van der Waals surface area contributed by atoms with Crippen LogP contribution in [-0.4, -0.2) is 15.1 Å². The van der Waals surface area contributed by atoms with Gasteiger partial charge in [0.05, 0.1) is 6.54 Å². The van der Waals surface area contributed by atoms with Crippen LogP contribution in [-0.2, 0) is 13.1 Å². The van der Waals surface area contributed by atoms with Crippen LogP contribution in [0.5, 0.6) is 0 Å². The lowest BCUT2D eigenvalue weighted by atomic mass is 10.1. The van der Waals surface area contributed by atoms with Crippen molar-refractivity contribution in [2.24, 2.45) is 0 Å². The molecule has 1 rings (SSSR count). The summed E-state index contributed by atoms with van der Waals surface area (Å²) in [5.41, 5.74) is 0.151. The molecule has 0 radical (unpaired) electrons. The molecular formula is C15H29N3. The summed E-state index contributed by atoms with van der Waals surface area (Å²) in [6.07, 6.45) is 10.6. The molecule has 0 spiro atoms. The number of rotatable bonds is 8. The Morgan fingerprint density at radius 3 is 2.56 bits per heavy atom. The molecule has 3 nitrogen and oxygen atoms in total. The standard InChI is InChI=1S/C15H29N3/c1-5-6-7-8-9-11-18-12-10-16-14(18)13-17-15(2,3)4/h10,12,17H,5-9,11,13H2,1-4H3. The first-order valence-electron chi connectivity index (χ1n) is 7.28. The Morgan fingerprint density at radius 1 is 1.17 bits per heavy atom. The van der Waals surface area contributed by atoms with E-state index in [9.17, 15) is 0 Å². The lowest BCUT2D eigenvalue weighted by Gasteiger charge is -2.20. The van der Waals surface area contributed by atoms with E-state index in [1.165, 1.54) is 32.1 Å². The number of unbranched alkanes of at least 4 members (excludes halogenated alkanes) is 4.